The predicted octanol–water partition coefficient (Wildman–Crippen LogP) is 2.62. The van der Waals surface area contributed by atoms with E-state index in [1.807, 2.05) is 35.8 Å². The molecule has 0 aliphatic carbocycles. The van der Waals surface area contributed by atoms with Crippen LogP contribution in [-0.4, -0.2) is 58.6 Å². The molecule has 2 amide bonds. The molecule has 4 rings (SSSR count). The number of carbonyl (C=O) groups is 2. The summed E-state index contributed by atoms with van der Waals surface area (Å²) in [5, 5.41) is 9.83. The second kappa shape index (κ2) is 10.7. The lowest BCUT2D eigenvalue weighted by Crippen LogP contribution is -2.42. The van der Waals surface area contributed by atoms with Gasteiger partial charge in [-0.25, -0.2) is 0 Å². The third kappa shape index (κ3) is 5.84. The standard InChI is InChI=1S/C22H23ClN6O3S/c1-15-2-8-18(9-3-15)29-21(28-10-12-32-13-11-28)26-27-22(29)33-14-19(30)24-25-20(31)16-4-6-17(23)7-5-16/h2-9H,10-14H2,1H3,(H,24,30)(H,25,31). The van der Waals surface area contributed by atoms with Crippen molar-refractivity contribution in [1.29, 1.82) is 0 Å². The van der Waals surface area contributed by atoms with Crippen molar-refractivity contribution in [2.24, 2.45) is 0 Å². The van der Waals surface area contributed by atoms with Crippen LogP contribution in [0.5, 0.6) is 0 Å². The molecule has 3 aromatic rings. The van der Waals surface area contributed by atoms with Gasteiger partial charge in [0.05, 0.1) is 24.7 Å². The fourth-order valence-electron chi connectivity index (χ4n) is 3.21. The highest BCUT2D eigenvalue weighted by atomic mass is 35.5. The quantitative estimate of drug-likeness (QED) is 0.408. The van der Waals surface area contributed by atoms with Gasteiger partial charge >= 0.3 is 0 Å². The van der Waals surface area contributed by atoms with Crippen LogP contribution in [0.1, 0.15) is 15.9 Å². The molecule has 9 nitrogen and oxygen atoms in total. The Morgan fingerprint density at radius 1 is 1.03 bits per heavy atom. The number of amides is 2. The number of ether oxygens (including phenoxy) is 1. The number of carbonyl (C=O) groups excluding carboxylic acids is 2. The number of thioether (sulfide) groups is 1. The maximum absolute atomic E-state index is 12.4. The predicted molar refractivity (Wildman–Crippen MR) is 127 cm³/mol. The number of aryl methyl sites for hydroxylation is 1. The molecule has 1 fully saturated rings. The summed E-state index contributed by atoms with van der Waals surface area (Å²) in [6.45, 7) is 4.70. The van der Waals surface area contributed by atoms with Gasteiger partial charge in [0.2, 0.25) is 11.9 Å². The lowest BCUT2D eigenvalue weighted by Gasteiger charge is -2.27. The number of rotatable bonds is 6. The van der Waals surface area contributed by atoms with Crippen LogP contribution in [0.4, 0.5) is 5.95 Å². The second-order valence-electron chi connectivity index (χ2n) is 7.35. The monoisotopic (exact) mass is 486 g/mol. The van der Waals surface area contributed by atoms with E-state index in [1.165, 1.54) is 11.8 Å². The minimum Gasteiger partial charge on any atom is -0.378 e. The van der Waals surface area contributed by atoms with Gasteiger partial charge in [-0.05, 0) is 43.3 Å². The molecule has 0 bridgehead atoms. The van der Waals surface area contributed by atoms with E-state index in [-0.39, 0.29) is 11.7 Å². The number of nitrogens with one attached hydrogen (secondary N) is 2. The first-order valence-electron chi connectivity index (χ1n) is 10.3. The van der Waals surface area contributed by atoms with Crippen molar-refractivity contribution in [3.8, 4) is 5.69 Å². The zero-order chi connectivity index (χ0) is 23.2. The van der Waals surface area contributed by atoms with Gasteiger partial charge in [-0.2, -0.15) is 0 Å². The van der Waals surface area contributed by atoms with Crippen LogP contribution in [0.2, 0.25) is 5.02 Å². The first-order chi connectivity index (χ1) is 16.0. The van der Waals surface area contributed by atoms with E-state index < -0.39 is 5.91 Å². The SMILES string of the molecule is Cc1ccc(-n2c(SCC(=O)NNC(=O)c3ccc(Cl)cc3)nnc2N2CCOCC2)cc1. The van der Waals surface area contributed by atoms with Gasteiger partial charge in [0.25, 0.3) is 5.91 Å². The lowest BCUT2D eigenvalue weighted by molar-refractivity contribution is -0.119. The zero-order valence-electron chi connectivity index (χ0n) is 18.0. The number of nitrogens with zero attached hydrogens (tertiary/aromatic N) is 4. The number of hydrazine groups is 1. The number of morpholine rings is 1. The molecular weight excluding hydrogens is 464 g/mol. The van der Waals surface area contributed by atoms with Crippen LogP contribution in [0.25, 0.3) is 5.69 Å². The fraction of sp³-hybridized carbons (Fsp3) is 0.273. The summed E-state index contributed by atoms with van der Waals surface area (Å²) in [6, 6.07) is 14.4. The Balaban J connectivity index is 1.43. The van der Waals surface area contributed by atoms with Gasteiger partial charge in [-0.1, -0.05) is 41.1 Å². The average molecular weight is 487 g/mol. The molecule has 2 heterocycles. The van der Waals surface area contributed by atoms with Gasteiger partial charge in [0.1, 0.15) is 0 Å². The maximum atomic E-state index is 12.4. The number of hydrogen-bond acceptors (Lipinski definition) is 7. The third-order valence-electron chi connectivity index (χ3n) is 4.96. The fourth-order valence-corrected chi connectivity index (χ4v) is 4.08. The maximum Gasteiger partial charge on any atom is 0.269 e. The number of halogens is 1. The Hall–Kier alpha value is -3.08. The van der Waals surface area contributed by atoms with Crippen molar-refractivity contribution in [2.75, 3.05) is 37.0 Å². The molecule has 0 unspecified atom stereocenters. The van der Waals surface area contributed by atoms with Gasteiger partial charge < -0.3 is 9.64 Å². The van der Waals surface area contributed by atoms with E-state index in [9.17, 15) is 9.59 Å². The van der Waals surface area contributed by atoms with Crippen molar-refractivity contribution in [2.45, 2.75) is 12.1 Å². The minimum absolute atomic E-state index is 0.0496. The first-order valence-corrected chi connectivity index (χ1v) is 11.7. The summed E-state index contributed by atoms with van der Waals surface area (Å²) in [6.07, 6.45) is 0. The molecule has 33 heavy (non-hydrogen) atoms. The van der Waals surface area contributed by atoms with E-state index in [2.05, 4.69) is 25.9 Å². The zero-order valence-corrected chi connectivity index (χ0v) is 19.5. The molecule has 1 aliphatic heterocycles. The second-order valence-corrected chi connectivity index (χ2v) is 8.73. The summed E-state index contributed by atoms with van der Waals surface area (Å²) in [5.41, 5.74) is 7.27. The molecule has 2 N–H and O–H groups in total. The highest BCUT2D eigenvalue weighted by Gasteiger charge is 2.22. The summed E-state index contributed by atoms with van der Waals surface area (Å²) in [4.78, 5) is 26.6. The van der Waals surface area contributed by atoms with E-state index >= 15 is 0 Å². The van der Waals surface area contributed by atoms with Crippen LogP contribution in [0, 0.1) is 6.92 Å². The lowest BCUT2D eigenvalue weighted by atomic mass is 10.2. The number of aromatic nitrogens is 3. The molecular formula is C22H23ClN6O3S. The summed E-state index contributed by atoms with van der Waals surface area (Å²) < 4.78 is 7.39. The topological polar surface area (TPSA) is 101 Å². The van der Waals surface area contributed by atoms with E-state index in [0.717, 1.165) is 11.3 Å². The largest absolute Gasteiger partial charge is 0.378 e. The van der Waals surface area contributed by atoms with Gasteiger partial charge in [0, 0.05) is 23.7 Å². The van der Waals surface area contributed by atoms with Crippen LogP contribution in [-0.2, 0) is 9.53 Å². The molecule has 0 radical (unpaired) electrons. The minimum atomic E-state index is -0.428. The van der Waals surface area contributed by atoms with Crippen LogP contribution >= 0.6 is 23.4 Å². The van der Waals surface area contributed by atoms with E-state index in [1.54, 1.807) is 24.3 Å². The molecule has 0 atom stereocenters. The number of anilines is 1. The van der Waals surface area contributed by atoms with Crippen LogP contribution < -0.4 is 15.8 Å². The first kappa shape index (κ1) is 23.1. The normalized spacial score (nSPS) is 13.6. The van der Waals surface area contributed by atoms with Gasteiger partial charge in [-0.15, -0.1) is 10.2 Å². The highest BCUT2D eigenvalue weighted by molar-refractivity contribution is 7.99. The number of hydrogen-bond donors (Lipinski definition) is 2. The van der Waals surface area contributed by atoms with Crippen molar-refractivity contribution in [3.05, 3.63) is 64.7 Å². The molecule has 1 aliphatic rings. The molecule has 1 saturated heterocycles. The van der Waals surface area contributed by atoms with E-state index in [0.29, 0.717) is 48.0 Å². The Morgan fingerprint density at radius 2 is 1.73 bits per heavy atom. The Bertz CT molecular complexity index is 1110. The summed E-state index contributed by atoms with van der Waals surface area (Å²) in [5.74, 6) is -0.0363. The Labute approximate surface area is 200 Å². The van der Waals surface area contributed by atoms with Gasteiger partial charge in [-0.3, -0.25) is 25.0 Å². The van der Waals surface area contributed by atoms with Crippen LogP contribution in [0.15, 0.2) is 53.7 Å². The van der Waals surface area contributed by atoms with Crippen molar-refractivity contribution in [1.82, 2.24) is 25.6 Å². The molecule has 0 spiro atoms. The molecule has 172 valence electrons. The summed E-state index contributed by atoms with van der Waals surface area (Å²) in [7, 11) is 0. The van der Waals surface area contributed by atoms with Gasteiger partial charge in [0.15, 0.2) is 5.16 Å². The average Bonchev–Trinajstić information content (AvgIpc) is 3.26. The smallest absolute Gasteiger partial charge is 0.269 e. The molecule has 2 aromatic carbocycles. The third-order valence-corrected chi connectivity index (χ3v) is 6.14. The van der Waals surface area contributed by atoms with Crippen molar-refractivity contribution < 1.29 is 14.3 Å². The number of benzene rings is 2. The summed E-state index contributed by atoms with van der Waals surface area (Å²) >= 11 is 7.07. The molecule has 11 heteroatoms. The molecule has 0 saturated carbocycles. The Kier molecular flexibility index (Phi) is 7.48. The molecule has 1 aromatic heterocycles. The van der Waals surface area contributed by atoms with E-state index in [4.69, 9.17) is 16.3 Å². The van der Waals surface area contributed by atoms with Crippen LogP contribution in [0.3, 0.4) is 0 Å². The van der Waals surface area contributed by atoms with Crippen molar-refractivity contribution in [3.63, 3.8) is 0 Å². The highest BCUT2D eigenvalue weighted by Crippen LogP contribution is 2.27. The van der Waals surface area contributed by atoms with Crippen molar-refractivity contribution >= 4 is 41.1 Å². The Morgan fingerprint density at radius 3 is 2.42 bits per heavy atom.